The number of hydrogen-bond donors (Lipinski definition) is 0. The van der Waals surface area contributed by atoms with E-state index in [0.29, 0.717) is 17.5 Å². The second-order valence-corrected chi connectivity index (χ2v) is 8.50. The smallest absolute Gasteiger partial charge is 0.198 e. The number of para-hydroxylation sites is 2. The van der Waals surface area contributed by atoms with Crippen LogP contribution >= 0.6 is 11.3 Å². The van der Waals surface area contributed by atoms with Crippen molar-refractivity contribution < 1.29 is 9.59 Å². The molecule has 1 aliphatic heterocycles. The Hall–Kier alpha value is -3.50. The first-order valence-electron chi connectivity index (χ1n) is 9.93. The number of benzene rings is 2. The molecule has 2 aliphatic carbocycles. The zero-order valence-corrected chi connectivity index (χ0v) is 16.9. The van der Waals surface area contributed by atoms with E-state index in [1.165, 1.54) is 33.8 Å². The normalized spacial score (nSPS) is 16.8. The summed E-state index contributed by atoms with van der Waals surface area (Å²) in [4.78, 5) is 27.6. The Balaban J connectivity index is 1.33. The fraction of sp³-hybridized carbons (Fsp3) is 0.0769. The zero-order valence-electron chi connectivity index (χ0n) is 16.1. The minimum absolute atomic E-state index is 0.153. The molecule has 2 heterocycles. The van der Waals surface area contributed by atoms with E-state index in [4.69, 9.17) is 0 Å². The summed E-state index contributed by atoms with van der Waals surface area (Å²) in [5.41, 5.74) is 8.49. The summed E-state index contributed by atoms with van der Waals surface area (Å²) >= 11 is 1.40. The average Bonchev–Trinajstić information content (AvgIpc) is 3.48. The van der Waals surface area contributed by atoms with Crippen molar-refractivity contribution in [2.24, 2.45) is 0 Å². The van der Waals surface area contributed by atoms with E-state index in [0.717, 1.165) is 17.7 Å². The first kappa shape index (κ1) is 17.4. The van der Waals surface area contributed by atoms with Crippen molar-refractivity contribution in [2.75, 3.05) is 4.90 Å². The van der Waals surface area contributed by atoms with Crippen LogP contribution in [0.25, 0.3) is 0 Å². The van der Waals surface area contributed by atoms with Crippen LogP contribution in [0.4, 0.5) is 11.4 Å². The number of thiophene rings is 1. The monoisotopic (exact) mass is 407 g/mol. The summed E-state index contributed by atoms with van der Waals surface area (Å²) in [6.07, 6.45) is 7.50. The van der Waals surface area contributed by atoms with Gasteiger partial charge >= 0.3 is 0 Å². The second-order valence-electron chi connectivity index (χ2n) is 7.76. The molecule has 3 nitrogen and oxygen atoms in total. The van der Waals surface area contributed by atoms with Crippen molar-refractivity contribution in [2.45, 2.75) is 12.8 Å². The molecule has 0 amide bonds. The van der Waals surface area contributed by atoms with Gasteiger partial charge in [-0.1, -0.05) is 42.5 Å². The van der Waals surface area contributed by atoms with Gasteiger partial charge in [-0.3, -0.25) is 9.59 Å². The number of Topliss-reactive ketones (excluding diaryl/α,β-unsaturated/α-hetero) is 2. The highest BCUT2D eigenvalue weighted by molar-refractivity contribution is 7.08. The predicted octanol–water partition coefficient (Wildman–Crippen LogP) is 6.01. The fourth-order valence-corrected chi connectivity index (χ4v) is 5.35. The van der Waals surface area contributed by atoms with Gasteiger partial charge in [-0.15, -0.1) is 0 Å². The van der Waals surface area contributed by atoms with Crippen LogP contribution < -0.4 is 4.90 Å². The molecule has 3 aliphatic rings. The van der Waals surface area contributed by atoms with Gasteiger partial charge in [0.15, 0.2) is 11.6 Å². The van der Waals surface area contributed by atoms with Gasteiger partial charge in [0.1, 0.15) is 0 Å². The highest BCUT2D eigenvalue weighted by Crippen LogP contribution is 2.43. The van der Waals surface area contributed by atoms with Crippen molar-refractivity contribution in [3.63, 3.8) is 0 Å². The van der Waals surface area contributed by atoms with Gasteiger partial charge in [-0.2, -0.15) is 11.3 Å². The molecule has 0 spiro atoms. The Labute approximate surface area is 178 Å². The van der Waals surface area contributed by atoms with Gasteiger partial charge in [0.05, 0.1) is 5.57 Å². The molecule has 0 saturated carbocycles. The number of anilines is 2. The molecular weight excluding hydrogens is 390 g/mol. The number of hydrogen-bond acceptors (Lipinski definition) is 4. The molecule has 0 atom stereocenters. The maximum atomic E-state index is 12.6. The molecule has 0 N–H and O–H groups in total. The van der Waals surface area contributed by atoms with Crippen molar-refractivity contribution in [3.8, 4) is 0 Å². The van der Waals surface area contributed by atoms with E-state index >= 15 is 0 Å². The van der Waals surface area contributed by atoms with E-state index in [2.05, 4.69) is 59.5 Å². The summed E-state index contributed by atoms with van der Waals surface area (Å²) in [7, 11) is 0. The van der Waals surface area contributed by atoms with Gasteiger partial charge in [0.2, 0.25) is 0 Å². The third-order valence-electron chi connectivity index (χ3n) is 5.98. The van der Waals surface area contributed by atoms with Gasteiger partial charge in [-0.25, -0.2) is 0 Å². The van der Waals surface area contributed by atoms with Crippen LogP contribution in [0.15, 0.2) is 94.4 Å². The quantitative estimate of drug-likeness (QED) is 0.386. The van der Waals surface area contributed by atoms with Crippen molar-refractivity contribution in [3.05, 3.63) is 117 Å². The third-order valence-corrected chi connectivity index (χ3v) is 6.72. The summed E-state index contributed by atoms with van der Waals surface area (Å²) in [5.74, 6) is -0.307. The number of carbonyl (C=O) groups excluding carboxylic acids is 2. The van der Waals surface area contributed by atoms with Gasteiger partial charge in [0, 0.05) is 51.8 Å². The number of fused-ring (bicyclic) bond motifs is 3. The van der Waals surface area contributed by atoms with Crippen LogP contribution in [0.1, 0.15) is 38.3 Å². The van der Waals surface area contributed by atoms with Gasteiger partial charge < -0.3 is 4.90 Å². The Morgan fingerprint density at radius 3 is 2.00 bits per heavy atom. The van der Waals surface area contributed by atoms with Crippen LogP contribution in [-0.2, 0) is 6.42 Å². The Morgan fingerprint density at radius 1 is 0.767 bits per heavy atom. The zero-order chi connectivity index (χ0) is 20.2. The molecule has 3 aromatic rings. The van der Waals surface area contributed by atoms with Gasteiger partial charge in [0.25, 0.3) is 0 Å². The molecule has 0 bridgehead atoms. The van der Waals surface area contributed by atoms with E-state index < -0.39 is 0 Å². The third kappa shape index (κ3) is 2.50. The molecule has 0 radical (unpaired) electrons. The van der Waals surface area contributed by atoms with E-state index in [9.17, 15) is 9.59 Å². The van der Waals surface area contributed by atoms with Crippen molar-refractivity contribution in [1.82, 2.24) is 0 Å². The summed E-state index contributed by atoms with van der Waals surface area (Å²) in [5, 5.41) is 3.54. The topological polar surface area (TPSA) is 37.4 Å². The lowest BCUT2D eigenvalue weighted by Crippen LogP contribution is -2.22. The summed E-state index contributed by atoms with van der Waals surface area (Å²) in [6, 6.07) is 17.0. The minimum Gasteiger partial charge on any atom is -0.313 e. The number of ketones is 2. The molecule has 0 saturated heterocycles. The lowest BCUT2D eigenvalue weighted by molar-refractivity contribution is 0.0988. The van der Waals surface area contributed by atoms with Crippen LogP contribution in [0.5, 0.6) is 0 Å². The molecule has 0 fully saturated rings. The van der Waals surface area contributed by atoms with Crippen molar-refractivity contribution in [1.29, 1.82) is 0 Å². The minimum atomic E-state index is -0.153. The standard InChI is InChI=1S/C26H17NO2S/c28-25-20(26(29)22-15-30-14-21(22)25)12-16-9-10-19(11-16)27-23-7-3-1-5-17(23)13-18-6-2-4-8-24(18)27/h1-10,12,14-15H,11,13H2. The van der Waals surface area contributed by atoms with Crippen LogP contribution in [0, 0.1) is 0 Å². The lowest BCUT2D eigenvalue weighted by Gasteiger charge is -2.34. The molecule has 0 unspecified atom stereocenters. The lowest BCUT2D eigenvalue weighted by atomic mass is 9.94. The Morgan fingerprint density at radius 2 is 1.37 bits per heavy atom. The van der Waals surface area contributed by atoms with E-state index in [1.54, 1.807) is 16.8 Å². The molecule has 4 heteroatoms. The van der Waals surface area contributed by atoms with Gasteiger partial charge in [-0.05, 0) is 41.0 Å². The number of rotatable bonds is 2. The maximum Gasteiger partial charge on any atom is 0.198 e. The first-order chi connectivity index (χ1) is 14.7. The molecule has 30 heavy (non-hydrogen) atoms. The Kier molecular flexibility index (Phi) is 3.77. The first-order valence-corrected chi connectivity index (χ1v) is 10.9. The largest absolute Gasteiger partial charge is 0.313 e. The average molecular weight is 407 g/mol. The number of nitrogens with zero attached hydrogens (tertiary/aromatic N) is 1. The summed E-state index contributed by atoms with van der Waals surface area (Å²) in [6.45, 7) is 0. The SMILES string of the molecule is O=C1C(=CC2=CC=C(N3c4ccccc4Cc4ccccc43)C2)C(=O)c2cscc21. The summed E-state index contributed by atoms with van der Waals surface area (Å²) < 4.78 is 0. The molecule has 144 valence electrons. The van der Waals surface area contributed by atoms with Crippen molar-refractivity contribution >= 4 is 34.3 Å². The van der Waals surface area contributed by atoms with Crippen LogP contribution in [-0.4, -0.2) is 11.6 Å². The highest BCUT2D eigenvalue weighted by atomic mass is 32.1. The Bertz CT molecular complexity index is 1260. The molecule has 1 aromatic heterocycles. The van der Waals surface area contributed by atoms with E-state index in [1.807, 2.05) is 6.08 Å². The molecule has 6 rings (SSSR count). The number of allylic oxidation sites excluding steroid dienone is 5. The maximum absolute atomic E-state index is 12.6. The van der Waals surface area contributed by atoms with Crippen LogP contribution in [0.2, 0.25) is 0 Å². The number of carbonyl (C=O) groups is 2. The fourth-order valence-electron chi connectivity index (χ4n) is 4.54. The van der Waals surface area contributed by atoms with E-state index in [-0.39, 0.29) is 17.1 Å². The predicted molar refractivity (Wildman–Crippen MR) is 120 cm³/mol. The molecule has 2 aromatic carbocycles. The van der Waals surface area contributed by atoms with Crippen LogP contribution in [0.3, 0.4) is 0 Å². The highest BCUT2D eigenvalue weighted by Gasteiger charge is 2.34. The second kappa shape index (κ2) is 6.51. The molecular formula is C26H17NO2S.